The molecular formula is C15H21N3O2. The predicted octanol–water partition coefficient (Wildman–Crippen LogP) is 1.52. The summed E-state index contributed by atoms with van der Waals surface area (Å²) in [5.41, 5.74) is 1.42. The van der Waals surface area contributed by atoms with Gasteiger partial charge in [0.05, 0.1) is 5.56 Å². The van der Waals surface area contributed by atoms with Gasteiger partial charge in [0.25, 0.3) is 5.91 Å². The highest BCUT2D eigenvalue weighted by Gasteiger charge is 2.22. The number of hydrogen-bond acceptors (Lipinski definition) is 3. The van der Waals surface area contributed by atoms with Crippen LogP contribution in [0.3, 0.4) is 0 Å². The van der Waals surface area contributed by atoms with Gasteiger partial charge in [-0.25, -0.2) is 0 Å². The Morgan fingerprint density at radius 2 is 2.00 bits per heavy atom. The Hall–Kier alpha value is -2.04. The molecule has 0 aliphatic heterocycles. The zero-order valence-corrected chi connectivity index (χ0v) is 11.7. The van der Waals surface area contributed by atoms with Crippen molar-refractivity contribution < 1.29 is 9.59 Å². The normalized spacial score (nSPS) is 13.7. The van der Waals surface area contributed by atoms with Gasteiger partial charge < -0.3 is 16.0 Å². The number of anilines is 1. The molecule has 0 spiro atoms. The Balaban J connectivity index is 1.70. The van der Waals surface area contributed by atoms with Crippen LogP contribution in [0.15, 0.2) is 24.3 Å². The topological polar surface area (TPSA) is 70.2 Å². The zero-order chi connectivity index (χ0) is 14.4. The van der Waals surface area contributed by atoms with E-state index < -0.39 is 0 Å². The molecule has 1 aliphatic rings. The minimum absolute atomic E-state index is 0.0809. The summed E-state index contributed by atoms with van der Waals surface area (Å²) in [5, 5.41) is 8.76. The van der Waals surface area contributed by atoms with Crippen molar-refractivity contribution in [3.63, 3.8) is 0 Å². The van der Waals surface area contributed by atoms with Gasteiger partial charge in [0.1, 0.15) is 0 Å². The lowest BCUT2D eigenvalue weighted by Crippen LogP contribution is -2.28. The standard InChI is InChI=1S/C15H21N3O2/c1-16-13-6-3-2-5-12(13)15(20)17-10-4-7-14(19)18-11-8-9-11/h2-3,5-6,11,16H,4,7-10H2,1H3,(H,17,20)(H,18,19). The van der Waals surface area contributed by atoms with E-state index in [4.69, 9.17) is 0 Å². The van der Waals surface area contributed by atoms with Crippen molar-refractivity contribution in [3.05, 3.63) is 29.8 Å². The minimum Gasteiger partial charge on any atom is -0.387 e. The third-order valence-corrected chi connectivity index (χ3v) is 3.25. The van der Waals surface area contributed by atoms with Crippen molar-refractivity contribution in [3.8, 4) is 0 Å². The van der Waals surface area contributed by atoms with Crippen molar-refractivity contribution in [2.24, 2.45) is 0 Å². The van der Waals surface area contributed by atoms with Gasteiger partial charge in [0.15, 0.2) is 0 Å². The molecule has 0 atom stereocenters. The second kappa shape index (κ2) is 6.93. The van der Waals surface area contributed by atoms with Gasteiger partial charge in [0.2, 0.25) is 5.91 Å². The molecular weight excluding hydrogens is 254 g/mol. The Labute approximate surface area is 119 Å². The number of para-hydroxylation sites is 1. The van der Waals surface area contributed by atoms with E-state index in [-0.39, 0.29) is 11.8 Å². The molecule has 5 nitrogen and oxygen atoms in total. The van der Waals surface area contributed by atoms with E-state index in [0.717, 1.165) is 18.5 Å². The molecule has 2 rings (SSSR count). The molecule has 1 saturated carbocycles. The maximum Gasteiger partial charge on any atom is 0.253 e. The van der Waals surface area contributed by atoms with Crippen molar-refractivity contribution in [2.75, 3.05) is 18.9 Å². The van der Waals surface area contributed by atoms with Gasteiger partial charge in [0, 0.05) is 31.7 Å². The maximum atomic E-state index is 12.0. The number of carbonyl (C=O) groups excluding carboxylic acids is 2. The molecule has 0 bridgehead atoms. The summed E-state index contributed by atoms with van der Waals surface area (Å²) < 4.78 is 0. The largest absolute Gasteiger partial charge is 0.387 e. The van der Waals surface area contributed by atoms with Crippen molar-refractivity contribution in [2.45, 2.75) is 31.7 Å². The van der Waals surface area contributed by atoms with E-state index in [1.807, 2.05) is 18.2 Å². The number of benzene rings is 1. The second-order valence-electron chi connectivity index (χ2n) is 5.00. The third kappa shape index (κ3) is 4.26. The van der Waals surface area contributed by atoms with Crippen LogP contribution in [0.1, 0.15) is 36.0 Å². The van der Waals surface area contributed by atoms with Crippen molar-refractivity contribution >= 4 is 17.5 Å². The molecule has 1 aliphatic carbocycles. The van der Waals surface area contributed by atoms with Gasteiger partial charge in [-0.15, -0.1) is 0 Å². The highest BCUT2D eigenvalue weighted by Crippen LogP contribution is 2.18. The molecule has 0 saturated heterocycles. The number of hydrogen-bond donors (Lipinski definition) is 3. The first-order valence-electron chi connectivity index (χ1n) is 7.05. The summed E-state index contributed by atoms with van der Waals surface area (Å²) in [7, 11) is 1.79. The van der Waals surface area contributed by atoms with Crippen LogP contribution in [0.4, 0.5) is 5.69 Å². The van der Waals surface area contributed by atoms with Crippen LogP contribution in [0.25, 0.3) is 0 Å². The lowest BCUT2D eigenvalue weighted by molar-refractivity contribution is -0.121. The molecule has 5 heteroatoms. The monoisotopic (exact) mass is 275 g/mol. The first-order valence-corrected chi connectivity index (χ1v) is 7.05. The van der Waals surface area contributed by atoms with Gasteiger partial charge in [-0.3, -0.25) is 9.59 Å². The Kier molecular flexibility index (Phi) is 4.98. The van der Waals surface area contributed by atoms with Gasteiger partial charge >= 0.3 is 0 Å². The average molecular weight is 275 g/mol. The summed E-state index contributed by atoms with van der Waals surface area (Å²) in [4.78, 5) is 23.5. The molecule has 0 aromatic heterocycles. The highest BCUT2D eigenvalue weighted by atomic mass is 16.2. The van der Waals surface area contributed by atoms with Crippen LogP contribution in [0, 0.1) is 0 Å². The van der Waals surface area contributed by atoms with Crippen molar-refractivity contribution in [1.29, 1.82) is 0 Å². The van der Waals surface area contributed by atoms with Crippen molar-refractivity contribution in [1.82, 2.24) is 10.6 Å². The molecule has 1 fully saturated rings. The van der Waals surface area contributed by atoms with E-state index in [9.17, 15) is 9.59 Å². The number of amides is 2. The minimum atomic E-state index is -0.113. The first-order chi connectivity index (χ1) is 9.70. The zero-order valence-electron chi connectivity index (χ0n) is 11.7. The first kappa shape index (κ1) is 14.4. The van der Waals surface area contributed by atoms with E-state index in [2.05, 4.69) is 16.0 Å². The predicted molar refractivity (Wildman–Crippen MR) is 78.7 cm³/mol. The van der Waals surface area contributed by atoms with E-state index in [0.29, 0.717) is 31.0 Å². The number of carbonyl (C=O) groups is 2. The fraction of sp³-hybridized carbons (Fsp3) is 0.467. The Morgan fingerprint density at radius 1 is 1.25 bits per heavy atom. The van der Waals surface area contributed by atoms with E-state index in [1.165, 1.54) is 0 Å². The molecule has 1 aromatic carbocycles. The quantitative estimate of drug-likeness (QED) is 0.661. The summed E-state index contributed by atoms with van der Waals surface area (Å²) in [5.74, 6) is -0.0325. The molecule has 1 aromatic rings. The highest BCUT2D eigenvalue weighted by molar-refractivity contribution is 5.99. The average Bonchev–Trinajstić information content (AvgIpc) is 3.27. The Morgan fingerprint density at radius 3 is 2.70 bits per heavy atom. The maximum absolute atomic E-state index is 12.0. The lowest BCUT2D eigenvalue weighted by Gasteiger charge is -2.09. The summed E-state index contributed by atoms with van der Waals surface area (Å²) >= 11 is 0. The fourth-order valence-corrected chi connectivity index (χ4v) is 1.97. The van der Waals surface area contributed by atoms with Crippen LogP contribution in [-0.2, 0) is 4.79 Å². The molecule has 2 amide bonds. The molecule has 20 heavy (non-hydrogen) atoms. The van der Waals surface area contributed by atoms with Gasteiger partial charge in [-0.1, -0.05) is 12.1 Å². The second-order valence-corrected chi connectivity index (χ2v) is 5.00. The molecule has 3 N–H and O–H groups in total. The molecule has 0 heterocycles. The van der Waals surface area contributed by atoms with Crippen LogP contribution in [0.2, 0.25) is 0 Å². The molecule has 0 radical (unpaired) electrons. The third-order valence-electron chi connectivity index (χ3n) is 3.25. The number of rotatable bonds is 7. The van der Waals surface area contributed by atoms with Crippen LogP contribution < -0.4 is 16.0 Å². The summed E-state index contributed by atoms with van der Waals surface area (Å²) in [6, 6.07) is 7.75. The van der Waals surface area contributed by atoms with E-state index >= 15 is 0 Å². The fourth-order valence-electron chi connectivity index (χ4n) is 1.97. The SMILES string of the molecule is CNc1ccccc1C(=O)NCCCC(=O)NC1CC1. The Bertz CT molecular complexity index is 484. The smallest absolute Gasteiger partial charge is 0.253 e. The lowest BCUT2D eigenvalue weighted by atomic mass is 10.1. The van der Waals surface area contributed by atoms with Gasteiger partial charge in [-0.05, 0) is 31.4 Å². The molecule has 0 unspecified atom stereocenters. The summed E-state index contributed by atoms with van der Waals surface area (Å²) in [6.07, 6.45) is 3.32. The van der Waals surface area contributed by atoms with Gasteiger partial charge in [-0.2, -0.15) is 0 Å². The van der Waals surface area contributed by atoms with Crippen LogP contribution in [0.5, 0.6) is 0 Å². The molecule has 108 valence electrons. The summed E-state index contributed by atoms with van der Waals surface area (Å²) in [6.45, 7) is 0.509. The van der Waals surface area contributed by atoms with Crippen LogP contribution >= 0.6 is 0 Å². The van der Waals surface area contributed by atoms with Crippen LogP contribution in [-0.4, -0.2) is 31.4 Å². The number of nitrogens with one attached hydrogen (secondary N) is 3. The van der Waals surface area contributed by atoms with E-state index in [1.54, 1.807) is 13.1 Å².